The maximum absolute atomic E-state index is 11.3. The molecule has 0 aromatic heterocycles. The fraction of sp³-hybridized carbons (Fsp3) is 0.250. The molecule has 0 unspecified atom stereocenters. The van der Waals surface area contributed by atoms with Crippen LogP contribution in [0, 0.1) is 5.92 Å². The first-order chi connectivity index (χ1) is 9.38. The van der Waals surface area contributed by atoms with Crippen molar-refractivity contribution in [3.8, 4) is 11.1 Å². The van der Waals surface area contributed by atoms with Crippen LogP contribution in [0.5, 0.6) is 0 Å². The molecular formula is C16H17NaO3S. The van der Waals surface area contributed by atoms with Gasteiger partial charge in [-0.15, -0.1) is 0 Å². The number of benzene rings is 2. The summed E-state index contributed by atoms with van der Waals surface area (Å²) in [6.07, 6.45) is 0.974. The molecule has 0 heterocycles. The monoisotopic (exact) mass is 312 g/mol. The van der Waals surface area contributed by atoms with Crippen molar-refractivity contribution in [2.45, 2.75) is 25.2 Å². The first kappa shape index (κ1) is 18.4. The molecule has 0 aliphatic carbocycles. The number of rotatable bonds is 4. The largest absolute Gasteiger partial charge is 1.00 e. The van der Waals surface area contributed by atoms with E-state index in [-0.39, 0.29) is 34.5 Å². The van der Waals surface area contributed by atoms with Gasteiger partial charge in [0.05, 0.1) is 4.90 Å². The molecule has 0 bridgehead atoms. The molecular weight excluding hydrogens is 295 g/mol. The third-order valence-electron chi connectivity index (χ3n) is 3.07. The molecule has 2 aromatic rings. The van der Waals surface area contributed by atoms with E-state index in [0.717, 1.165) is 12.0 Å². The van der Waals surface area contributed by atoms with E-state index in [2.05, 4.69) is 13.8 Å². The maximum atomic E-state index is 11.3. The number of hydrogen-bond donors (Lipinski definition) is 0. The summed E-state index contributed by atoms with van der Waals surface area (Å²) in [6.45, 7) is 4.29. The standard InChI is InChI=1S/C16H18O3S.Na/c1-12(2)11-13-7-9-14(10-8-13)15-5-3-4-6-16(15)20(17,18)19;/h3-10,12H,11H2,1-2H3,(H,17,18,19);/q;+1/p-1. The summed E-state index contributed by atoms with van der Waals surface area (Å²) in [4.78, 5) is -0.170. The topological polar surface area (TPSA) is 57.2 Å². The Hall–Kier alpha value is -0.650. The Bertz CT molecular complexity index is 692. The molecule has 0 aliphatic rings. The van der Waals surface area contributed by atoms with E-state index >= 15 is 0 Å². The van der Waals surface area contributed by atoms with Crippen molar-refractivity contribution >= 4 is 10.1 Å². The molecule has 21 heavy (non-hydrogen) atoms. The summed E-state index contributed by atoms with van der Waals surface area (Å²) in [6, 6.07) is 14.0. The molecule has 2 rings (SSSR count). The fourth-order valence-corrected chi connectivity index (χ4v) is 2.92. The van der Waals surface area contributed by atoms with Gasteiger partial charge in [0.25, 0.3) is 0 Å². The summed E-state index contributed by atoms with van der Waals surface area (Å²) in [5.41, 5.74) is 2.40. The van der Waals surface area contributed by atoms with Crippen LogP contribution in [0.25, 0.3) is 11.1 Å². The molecule has 3 nitrogen and oxygen atoms in total. The van der Waals surface area contributed by atoms with Crippen LogP contribution in [0.15, 0.2) is 53.4 Å². The van der Waals surface area contributed by atoms with Gasteiger partial charge in [-0.25, -0.2) is 8.42 Å². The van der Waals surface area contributed by atoms with Crippen LogP contribution in [0.1, 0.15) is 19.4 Å². The molecule has 0 saturated carbocycles. The molecule has 5 heteroatoms. The zero-order chi connectivity index (χ0) is 14.8. The fourth-order valence-electron chi connectivity index (χ4n) is 2.21. The van der Waals surface area contributed by atoms with Crippen LogP contribution in [0.2, 0.25) is 0 Å². The molecule has 2 aromatic carbocycles. The van der Waals surface area contributed by atoms with Gasteiger partial charge in [0, 0.05) is 0 Å². The molecule has 0 saturated heterocycles. The molecule has 0 atom stereocenters. The van der Waals surface area contributed by atoms with E-state index in [1.165, 1.54) is 11.6 Å². The molecule has 0 N–H and O–H groups in total. The van der Waals surface area contributed by atoms with Gasteiger partial charge in [0.2, 0.25) is 0 Å². The van der Waals surface area contributed by atoms with Gasteiger partial charge < -0.3 is 4.55 Å². The predicted molar refractivity (Wildman–Crippen MR) is 78.4 cm³/mol. The van der Waals surface area contributed by atoms with Crippen molar-refractivity contribution in [2.75, 3.05) is 0 Å². The van der Waals surface area contributed by atoms with Crippen LogP contribution >= 0.6 is 0 Å². The average Bonchev–Trinajstić information content (AvgIpc) is 2.38. The van der Waals surface area contributed by atoms with Crippen molar-refractivity contribution in [3.05, 3.63) is 54.1 Å². The Kier molecular flexibility index (Phi) is 6.63. The van der Waals surface area contributed by atoms with Crippen molar-refractivity contribution in [2.24, 2.45) is 5.92 Å². The van der Waals surface area contributed by atoms with Crippen LogP contribution in [-0.2, 0) is 16.5 Å². The molecule has 0 spiro atoms. The second kappa shape index (κ2) is 7.56. The smallest absolute Gasteiger partial charge is 0.744 e. The Morgan fingerprint density at radius 2 is 1.57 bits per heavy atom. The van der Waals surface area contributed by atoms with Crippen molar-refractivity contribution < 1.29 is 42.5 Å². The van der Waals surface area contributed by atoms with Crippen molar-refractivity contribution in [1.82, 2.24) is 0 Å². The van der Waals surface area contributed by atoms with E-state index in [1.807, 2.05) is 24.3 Å². The number of hydrogen-bond acceptors (Lipinski definition) is 3. The molecule has 0 radical (unpaired) electrons. The van der Waals surface area contributed by atoms with Gasteiger partial charge in [-0.05, 0) is 35.1 Å². The van der Waals surface area contributed by atoms with Gasteiger partial charge in [0.15, 0.2) is 0 Å². The predicted octanol–water partition coefficient (Wildman–Crippen LogP) is 0.460. The minimum atomic E-state index is -4.46. The summed E-state index contributed by atoms with van der Waals surface area (Å²) < 4.78 is 33.9. The Morgan fingerprint density at radius 3 is 2.10 bits per heavy atom. The molecule has 0 fully saturated rings. The van der Waals surface area contributed by atoms with Gasteiger partial charge in [-0.3, -0.25) is 0 Å². The van der Waals surface area contributed by atoms with E-state index in [9.17, 15) is 13.0 Å². The second-order valence-corrected chi connectivity index (χ2v) is 6.59. The van der Waals surface area contributed by atoms with Gasteiger partial charge in [-0.1, -0.05) is 56.3 Å². The van der Waals surface area contributed by atoms with E-state index < -0.39 is 10.1 Å². The van der Waals surface area contributed by atoms with Crippen LogP contribution in [-0.4, -0.2) is 13.0 Å². The Morgan fingerprint density at radius 1 is 1.00 bits per heavy atom. The Labute approximate surface area is 148 Å². The third kappa shape index (κ3) is 4.94. The SMILES string of the molecule is CC(C)Cc1ccc(-c2ccccc2S(=O)(=O)[O-])cc1.[Na+]. The molecule has 106 valence electrons. The van der Waals surface area contributed by atoms with Crippen molar-refractivity contribution in [1.29, 1.82) is 0 Å². The van der Waals surface area contributed by atoms with Crippen LogP contribution in [0.4, 0.5) is 0 Å². The minimum Gasteiger partial charge on any atom is -0.744 e. The van der Waals surface area contributed by atoms with Crippen molar-refractivity contribution in [3.63, 3.8) is 0 Å². The van der Waals surface area contributed by atoms with E-state index in [0.29, 0.717) is 11.5 Å². The zero-order valence-electron chi connectivity index (χ0n) is 12.5. The van der Waals surface area contributed by atoms with Crippen LogP contribution in [0.3, 0.4) is 0 Å². The summed E-state index contributed by atoms with van der Waals surface area (Å²) in [5, 5.41) is 0. The molecule has 0 amide bonds. The third-order valence-corrected chi connectivity index (χ3v) is 3.96. The molecule has 0 aliphatic heterocycles. The summed E-state index contributed by atoms with van der Waals surface area (Å²) >= 11 is 0. The maximum Gasteiger partial charge on any atom is 1.00 e. The summed E-state index contributed by atoms with van der Waals surface area (Å²) in [5.74, 6) is 0.565. The summed E-state index contributed by atoms with van der Waals surface area (Å²) in [7, 11) is -4.46. The second-order valence-electron chi connectivity index (χ2n) is 5.25. The average molecular weight is 312 g/mol. The quantitative estimate of drug-likeness (QED) is 0.609. The van der Waals surface area contributed by atoms with Gasteiger partial charge in [0.1, 0.15) is 10.1 Å². The minimum absolute atomic E-state index is 0. The van der Waals surface area contributed by atoms with Gasteiger partial charge >= 0.3 is 29.6 Å². The Balaban J connectivity index is 0.00000220. The van der Waals surface area contributed by atoms with Gasteiger partial charge in [-0.2, -0.15) is 0 Å². The van der Waals surface area contributed by atoms with E-state index in [4.69, 9.17) is 0 Å². The normalized spacial score (nSPS) is 11.2. The zero-order valence-corrected chi connectivity index (χ0v) is 15.4. The van der Waals surface area contributed by atoms with E-state index in [1.54, 1.807) is 18.2 Å². The first-order valence-electron chi connectivity index (χ1n) is 6.52. The van der Waals surface area contributed by atoms with Crippen LogP contribution < -0.4 is 29.6 Å². The first-order valence-corrected chi connectivity index (χ1v) is 7.93.